The lowest BCUT2D eigenvalue weighted by molar-refractivity contribution is 0.00578. The monoisotopic (exact) mass is 426 g/mol. The quantitative estimate of drug-likeness (QED) is 0.544. The highest BCUT2D eigenvalue weighted by molar-refractivity contribution is 6.62. The fraction of sp³-hybridized carbons (Fsp3) is 0.478. The predicted octanol–water partition coefficient (Wildman–Crippen LogP) is 4.85. The van der Waals surface area contributed by atoms with Gasteiger partial charge in [-0.25, -0.2) is 4.79 Å². The van der Waals surface area contributed by atoms with E-state index >= 15 is 0 Å². The van der Waals surface area contributed by atoms with Crippen LogP contribution < -0.4 is 10.8 Å². The van der Waals surface area contributed by atoms with Crippen molar-refractivity contribution in [2.45, 2.75) is 72.7 Å². The molecule has 1 fully saturated rings. The number of anilines is 1. The molecule has 8 heteroatoms. The van der Waals surface area contributed by atoms with Crippen LogP contribution in [0.4, 0.5) is 10.5 Å². The third-order valence-corrected chi connectivity index (χ3v) is 6.17. The number of nitrogens with one attached hydrogen (secondary N) is 1. The first kappa shape index (κ1) is 23.1. The van der Waals surface area contributed by atoms with Gasteiger partial charge in [-0.2, -0.15) is 0 Å². The molecule has 2 heterocycles. The van der Waals surface area contributed by atoms with Crippen LogP contribution in [0.1, 0.15) is 54.2 Å². The molecule has 0 unspecified atom stereocenters. The maximum Gasteiger partial charge on any atom is 0.494 e. The molecule has 0 radical (unpaired) electrons. The molecule has 1 aromatic heterocycles. The first-order valence-corrected chi connectivity index (χ1v) is 10.5. The molecule has 7 nitrogen and oxygen atoms in total. The SMILES string of the molecule is C/C=C(\C)[C@@H](C)OC(=O)Nc1c(C)noc1-c1ccc(B2OC(C)(C)C(C)(C)O2)cc1. The minimum absolute atomic E-state index is 0.326. The van der Waals surface area contributed by atoms with E-state index in [-0.39, 0.29) is 6.10 Å². The van der Waals surface area contributed by atoms with Gasteiger partial charge in [-0.3, -0.25) is 5.32 Å². The van der Waals surface area contributed by atoms with Crippen molar-refractivity contribution in [1.29, 1.82) is 0 Å². The number of nitrogens with zero attached hydrogens (tertiary/aromatic N) is 1. The minimum atomic E-state index is -0.560. The molecule has 2 aromatic rings. The van der Waals surface area contributed by atoms with Crippen LogP contribution in [0.25, 0.3) is 11.3 Å². The van der Waals surface area contributed by atoms with E-state index in [4.69, 9.17) is 18.6 Å². The lowest BCUT2D eigenvalue weighted by Gasteiger charge is -2.32. The molecule has 166 valence electrons. The molecule has 1 aliphatic rings. The molecule has 0 spiro atoms. The highest BCUT2D eigenvalue weighted by Gasteiger charge is 2.51. The van der Waals surface area contributed by atoms with Crippen molar-refractivity contribution in [2.75, 3.05) is 5.32 Å². The number of allylic oxidation sites excluding steroid dienone is 1. The zero-order valence-electron chi connectivity index (χ0n) is 19.5. The largest absolute Gasteiger partial charge is 0.494 e. The number of hydrogen-bond donors (Lipinski definition) is 1. The Bertz CT molecular complexity index is 962. The average molecular weight is 426 g/mol. The molecule has 0 aliphatic carbocycles. The second-order valence-corrected chi connectivity index (χ2v) is 8.89. The second-order valence-electron chi connectivity index (χ2n) is 8.89. The zero-order valence-corrected chi connectivity index (χ0v) is 19.5. The van der Waals surface area contributed by atoms with Gasteiger partial charge < -0.3 is 18.6 Å². The summed E-state index contributed by atoms with van der Waals surface area (Å²) < 4.78 is 23.1. The van der Waals surface area contributed by atoms with Crippen LogP contribution in [-0.2, 0) is 14.0 Å². The number of benzene rings is 1. The first-order chi connectivity index (χ1) is 14.4. The molecule has 0 bridgehead atoms. The molecule has 1 aromatic carbocycles. The van der Waals surface area contributed by atoms with E-state index in [2.05, 4.69) is 10.5 Å². The fourth-order valence-corrected chi connectivity index (χ4v) is 3.10. The van der Waals surface area contributed by atoms with E-state index in [1.165, 1.54) is 0 Å². The van der Waals surface area contributed by atoms with Crippen LogP contribution in [0, 0.1) is 6.92 Å². The van der Waals surface area contributed by atoms with Gasteiger partial charge in [-0.15, -0.1) is 0 Å². The summed E-state index contributed by atoms with van der Waals surface area (Å²) in [5.41, 5.74) is 2.89. The summed E-state index contributed by atoms with van der Waals surface area (Å²) in [5, 5.41) is 6.77. The van der Waals surface area contributed by atoms with Gasteiger partial charge in [0.1, 0.15) is 17.5 Å². The maximum atomic E-state index is 12.4. The molecule has 1 aliphatic heterocycles. The van der Waals surface area contributed by atoms with Crippen LogP contribution in [0.5, 0.6) is 0 Å². The summed E-state index contributed by atoms with van der Waals surface area (Å²) in [6, 6.07) is 7.64. The highest BCUT2D eigenvalue weighted by Crippen LogP contribution is 2.37. The maximum absolute atomic E-state index is 12.4. The summed E-state index contributed by atoms with van der Waals surface area (Å²) in [5.74, 6) is 0.463. The molecule has 1 atom stereocenters. The van der Waals surface area contributed by atoms with Crippen molar-refractivity contribution in [3.63, 3.8) is 0 Å². The van der Waals surface area contributed by atoms with Gasteiger partial charge in [0, 0.05) is 5.56 Å². The summed E-state index contributed by atoms with van der Waals surface area (Å²) >= 11 is 0. The van der Waals surface area contributed by atoms with Crippen LogP contribution in [-0.4, -0.2) is 35.7 Å². The number of carbonyl (C=O) groups excluding carboxylic acids is 1. The summed E-state index contributed by atoms with van der Waals surface area (Å²) in [7, 11) is -0.445. The van der Waals surface area contributed by atoms with Gasteiger partial charge in [0.05, 0.1) is 11.2 Å². The first-order valence-electron chi connectivity index (χ1n) is 10.5. The standard InChI is InChI=1S/C23H31BN2O5/c1-9-14(2)16(4)28-21(27)25-19-15(3)26-29-20(19)17-10-12-18(13-11-17)24-30-22(5,6)23(7,8)31-24/h9-13,16H,1-8H3,(H,25,27)/b14-9+/t16-/m1/s1. The molecular weight excluding hydrogens is 395 g/mol. The van der Waals surface area contributed by atoms with Gasteiger partial charge in [-0.1, -0.05) is 35.5 Å². The predicted molar refractivity (Wildman–Crippen MR) is 121 cm³/mol. The van der Waals surface area contributed by atoms with Crippen molar-refractivity contribution >= 4 is 24.4 Å². The summed E-state index contributed by atoms with van der Waals surface area (Å²) in [6.07, 6.45) is 1.03. The van der Waals surface area contributed by atoms with Crippen LogP contribution in [0.2, 0.25) is 0 Å². The number of aromatic nitrogens is 1. The van der Waals surface area contributed by atoms with E-state index in [9.17, 15) is 4.79 Å². The minimum Gasteiger partial charge on any atom is -0.442 e. The Morgan fingerprint density at radius 1 is 1.16 bits per heavy atom. The lowest BCUT2D eigenvalue weighted by Crippen LogP contribution is -2.41. The van der Waals surface area contributed by atoms with Crippen molar-refractivity contribution in [1.82, 2.24) is 5.16 Å². The van der Waals surface area contributed by atoms with E-state index in [1.54, 1.807) is 6.92 Å². The van der Waals surface area contributed by atoms with Gasteiger partial charge >= 0.3 is 13.2 Å². The van der Waals surface area contributed by atoms with Crippen LogP contribution in [0.15, 0.2) is 40.4 Å². The van der Waals surface area contributed by atoms with E-state index in [0.717, 1.165) is 16.6 Å². The van der Waals surface area contributed by atoms with E-state index in [1.807, 2.05) is 78.8 Å². The fourth-order valence-electron chi connectivity index (χ4n) is 3.10. The summed E-state index contributed by atoms with van der Waals surface area (Å²) in [4.78, 5) is 12.4. The van der Waals surface area contributed by atoms with Crippen molar-refractivity contribution in [3.05, 3.63) is 41.6 Å². The third kappa shape index (κ3) is 4.70. The Balaban J connectivity index is 1.77. The van der Waals surface area contributed by atoms with Gasteiger partial charge in [0.25, 0.3) is 0 Å². The Kier molecular flexibility index (Phi) is 6.34. The van der Waals surface area contributed by atoms with Gasteiger partial charge in [0.2, 0.25) is 0 Å². The molecule has 31 heavy (non-hydrogen) atoms. The molecule has 1 saturated heterocycles. The number of ether oxygens (including phenoxy) is 1. The molecule has 3 rings (SSSR count). The second kappa shape index (κ2) is 8.51. The normalized spacial score (nSPS) is 18.7. The molecule has 1 amide bonds. The van der Waals surface area contributed by atoms with Crippen molar-refractivity contribution in [2.24, 2.45) is 0 Å². The number of hydrogen-bond acceptors (Lipinski definition) is 6. The third-order valence-electron chi connectivity index (χ3n) is 6.17. The van der Waals surface area contributed by atoms with E-state index < -0.39 is 24.4 Å². The average Bonchev–Trinajstić information content (AvgIpc) is 3.16. The van der Waals surface area contributed by atoms with Gasteiger partial charge in [-0.05, 0) is 66.4 Å². The van der Waals surface area contributed by atoms with E-state index in [0.29, 0.717) is 17.1 Å². The van der Waals surface area contributed by atoms with Crippen molar-refractivity contribution < 1.29 is 23.4 Å². The Morgan fingerprint density at radius 3 is 2.29 bits per heavy atom. The summed E-state index contributed by atoms with van der Waals surface area (Å²) in [6.45, 7) is 15.5. The Morgan fingerprint density at radius 2 is 1.74 bits per heavy atom. The Labute approximate surface area is 184 Å². The topological polar surface area (TPSA) is 82.8 Å². The highest BCUT2D eigenvalue weighted by atomic mass is 16.7. The van der Waals surface area contributed by atoms with Gasteiger partial charge in [0.15, 0.2) is 5.76 Å². The molecule has 0 saturated carbocycles. The number of aryl methyl sites for hydroxylation is 1. The lowest BCUT2D eigenvalue weighted by atomic mass is 9.79. The molecule has 1 N–H and O–H groups in total. The van der Waals surface area contributed by atoms with Crippen molar-refractivity contribution in [3.8, 4) is 11.3 Å². The van der Waals surface area contributed by atoms with Crippen LogP contribution in [0.3, 0.4) is 0 Å². The number of rotatable bonds is 5. The van der Waals surface area contributed by atoms with Crippen LogP contribution >= 0.6 is 0 Å². The zero-order chi connectivity index (χ0) is 23.0. The number of amides is 1. The number of carbonyl (C=O) groups is 1. The Hall–Kier alpha value is -2.58. The molecular formula is C23H31BN2O5. The smallest absolute Gasteiger partial charge is 0.442 e.